The summed E-state index contributed by atoms with van der Waals surface area (Å²) in [5.74, 6) is 1.70. The van der Waals surface area contributed by atoms with Gasteiger partial charge in [0.15, 0.2) is 0 Å². The van der Waals surface area contributed by atoms with Crippen LogP contribution >= 0.6 is 0 Å². The van der Waals surface area contributed by atoms with E-state index < -0.39 is 0 Å². The molecule has 2 saturated heterocycles. The van der Waals surface area contributed by atoms with Crippen LogP contribution in [0, 0.1) is 11.8 Å². The fourth-order valence-electron chi connectivity index (χ4n) is 5.48. The van der Waals surface area contributed by atoms with Gasteiger partial charge in [-0.25, -0.2) is 0 Å². The van der Waals surface area contributed by atoms with E-state index in [2.05, 4.69) is 10.6 Å². The molecule has 4 aliphatic rings. The highest BCUT2D eigenvalue weighted by molar-refractivity contribution is 6.18. The average molecular weight is 335 g/mol. The van der Waals surface area contributed by atoms with Crippen molar-refractivity contribution in [2.45, 2.75) is 88.5 Å². The number of piperidine rings is 2. The van der Waals surface area contributed by atoms with Crippen molar-refractivity contribution in [3.8, 4) is 0 Å². The SMILES string of the molecule is C1CNC2C(C1)CCCC2[O][Al-][O]C1CCCC2CCCNC21. The Kier molecular flexibility index (Phi) is 5.97. The van der Waals surface area contributed by atoms with Gasteiger partial charge < -0.3 is 18.2 Å². The number of nitrogens with one attached hydrogen (secondary N) is 2. The first-order valence-electron chi connectivity index (χ1n) is 10.0. The Morgan fingerprint density at radius 1 is 0.609 bits per heavy atom. The summed E-state index contributed by atoms with van der Waals surface area (Å²) in [5, 5.41) is 7.45. The van der Waals surface area contributed by atoms with Gasteiger partial charge in [0.25, 0.3) is 0 Å². The molecular formula is C18H32AlN2O2-. The molecule has 4 rings (SSSR count). The van der Waals surface area contributed by atoms with Gasteiger partial charge in [0, 0.05) is 24.3 Å². The number of fused-ring (bicyclic) bond motifs is 2. The molecule has 130 valence electrons. The predicted molar refractivity (Wildman–Crippen MR) is 92.2 cm³/mol. The summed E-state index contributed by atoms with van der Waals surface area (Å²) < 4.78 is 12.6. The molecule has 0 aromatic carbocycles. The van der Waals surface area contributed by atoms with Gasteiger partial charge in [-0.15, -0.1) is 0 Å². The van der Waals surface area contributed by atoms with Crippen LogP contribution in [0.15, 0.2) is 0 Å². The third-order valence-corrected chi connectivity index (χ3v) is 7.59. The molecular weight excluding hydrogens is 303 g/mol. The maximum absolute atomic E-state index is 6.31. The zero-order valence-corrected chi connectivity index (χ0v) is 15.5. The lowest BCUT2D eigenvalue weighted by Gasteiger charge is -2.48. The van der Waals surface area contributed by atoms with Gasteiger partial charge in [0.2, 0.25) is 0 Å². The summed E-state index contributed by atoms with van der Waals surface area (Å²) in [6.45, 7) is 2.35. The first-order chi connectivity index (χ1) is 11.4. The highest BCUT2D eigenvalue weighted by Crippen LogP contribution is 2.34. The van der Waals surface area contributed by atoms with Gasteiger partial charge in [-0.1, -0.05) is 12.8 Å². The highest BCUT2D eigenvalue weighted by Gasteiger charge is 2.34. The lowest BCUT2D eigenvalue weighted by atomic mass is 9.78. The summed E-state index contributed by atoms with van der Waals surface area (Å²) in [5.41, 5.74) is 0. The molecule has 23 heavy (non-hydrogen) atoms. The second-order valence-electron chi connectivity index (χ2n) is 8.07. The monoisotopic (exact) mass is 335 g/mol. The second kappa shape index (κ2) is 8.17. The highest BCUT2D eigenvalue weighted by atomic mass is 27.2. The molecule has 2 aliphatic heterocycles. The Morgan fingerprint density at radius 3 is 1.61 bits per heavy atom. The summed E-state index contributed by atoms with van der Waals surface area (Å²) in [4.78, 5) is 0. The number of rotatable bonds is 4. The Hall–Kier alpha value is 0.372. The second-order valence-corrected chi connectivity index (χ2v) is 8.81. The molecule has 0 spiro atoms. The van der Waals surface area contributed by atoms with Gasteiger partial charge >= 0.3 is 0 Å². The molecule has 2 radical (unpaired) electrons. The van der Waals surface area contributed by atoms with E-state index in [4.69, 9.17) is 7.58 Å². The molecule has 5 heteroatoms. The van der Waals surface area contributed by atoms with Crippen LogP contribution < -0.4 is 10.6 Å². The molecule has 2 heterocycles. The standard InChI is InChI=1S/2C9H16NO.Al/c2*11-8-5-1-3-7-4-2-6-10-9(7)8;/h2*7-10H,1-6H2;/q2*-1;+1. The van der Waals surface area contributed by atoms with Crippen molar-refractivity contribution in [1.29, 1.82) is 0 Å². The largest absolute Gasteiger partial charge is 0.675 e. The molecule has 6 unspecified atom stereocenters. The van der Waals surface area contributed by atoms with Crippen LogP contribution in [0.1, 0.15) is 64.2 Å². The molecule has 0 amide bonds. The van der Waals surface area contributed by atoms with Crippen molar-refractivity contribution in [2.24, 2.45) is 11.8 Å². The fourth-order valence-corrected chi connectivity index (χ4v) is 6.44. The smallest absolute Gasteiger partial charge is 0.136 e. The van der Waals surface area contributed by atoms with Gasteiger partial charge in [-0.2, -0.15) is 0 Å². The molecule has 2 aliphatic carbocycles. The van der Waals surface area contributed by atoms with Crippen molar-refractivity contribution >= 4 is 15.9 Å². The van der Waals surface area contributed by atoms with Crippen molar-refractivity contribution < 1.29 is 7.58 Å². The van der Waals surface area contributed by atoms with Crippen molar-refractivity contribution in [2.75, 3.05) is 13.1 Å². The van der Waals surface area contributed by atoms with Crippen LogP contribution in [0.25, 0.3) is 0 Å². The minimum Gasteiger partial charge on any atom is -0.675 e. The van der Waals surface area contributed by atoms with E-state index in [1.54, 1.807) is 0 Å². The molecule has 0 bridgehead atoms. The maximum Gasteiger partial charge on any atom is 0.136 e. The molecule has 6 atom stereocenters. The van der Waals surface area contributed by atoms with E-state index in [1.165, 1.54) is 77.3 Å². The Labute approximate surface area is 147 Å². The van der Waals surface area contributed by atoms with E-state index in [0.717, 1.165) is 11.8 Å². The molecule has 2 N–H and O–H groups in total. The molecule has 4 nitrogen and oxygen atoms in total. The van der Waals surface area contributed by atoms with Crippen LogP contribution in [0.2, 0.25) is 0 Å². The molecule has 4 fully saturated rings. The minimum atomic E-state index is -0.315. The third-order valence-electron chi connectivity index (χ3n) is 6.67. The van der Waals surface area contributed by atoms with E-state index in [9.17, 15) is 0 Å². The summed E-state index contributed by atoms with van der Waals surface area (Å²) >= 11 is -0.315. The van der Waals surface area contributed by atoms with E-state index in [0.29, 0.717) is 24.3 Å². The van der Waals surface area contributed by atoms with Crippen molar-refractivity contribution in [1.82, 2.24) is 10.6 Å². The lowest BCUT2D eigenvalue weighted by Crippen LogP contribution is -2.54. The quantitative estimate of drug-likeness (QED) is 0.774. The molecule has 0 aromatic heterocycles. The average Bonchev–Trinajstić information content (AvgIpc) is 2.62. The third kappa shape index (κ3) is 3.97. The van der Waals surface area contributed by atoms with Crippen molar-refractivity contribution in [3.63, 3.8) is 0 Å². The van der Waals surface area contributed by atoms with Gasteiger partial charge in [0.1, 0.15) is 15.9 Å². The number of hydrogen-bond donors (Lipinski definition) is 2. The zero-order valence-electron chi connectivity index (χ0n) is 14.3. The Balaban J connectivity index is 1.26. The zero-order chi connectivity index (χ0) is 15.5. The number of hydrogen-bond acceptors (Lipinski definition) is 4. The Bertz CT molecular complexity index is 346. The van der Waals surface area contributed by atoms with Crippen LogP contribution in [0.3, 0.4) is 0 Å². The minimum absolute atomic E-state index is 0.315. The van der Waals surface area contributed by atoms with Crippen LogP contribution in [-0.2, 0) is 7.58 Å². The van der Waals surface area contributed by atoms with Crippen molar-refractivity contribution in [3.05, 3.63) is 0 Å². The predicted octanol–water partition coefficient (Wildman–Crippen LogP) is 2.40. The van der Waals surface area contributed by atoms with Crippen LogP contribution in [0.4, 0.5) is 0 Å². The summed E-state index contributed by atoms with van der Waals surface area (Å²) in [6, 6.07) is 1.20. The maximum atomic E-state index is 6.31. The van der Waals surface area contributed by atoms with Crippen LogP contribution in [0.5, 0.6) is 0 Å². The first kappa shape index (κ1) is 16.8. The van der Waals surface area contributed by atoms with E-state index in [-0.39, 0.29) is 15.9 Å². The van der Waals surface area contributed by atoms with E-state index in [1.807, 2.05) is 0 Å². The van der Waals surface area contributed by atoms with Gasteiger partial charge in [-0.05, 0) is 76.3 Å². The Morgan fingerprint density at radius 2 is 1.09 bits per heavy atom. The van der Waals surface area contributed by atoms with Gasteiger partial charge in [-0.3, -0.25) is 0 Å². The summed E-state index contributed by atoms with van der Waals surface area (Å²) in [7, 11) is 0. The van der Waals surface area contributed by atoms with Gasteiger partial charge in [0.05, 0.1) is 0 Å². The fraction of sp³-hybridized carbons (Fsp3) is 1.00. The summed E-state index contributed by atoms with van der Waals surface area (Å²) in [6.07, 6.45) is 14.2. The van der Waals surface area contributed by atoms with E-state index >= 15 is 0 Å². The van der Waals surface area contributed by atoms with Crippen LogP contribution in [-0.4, -0.2) is 53.3 Å². The topological polar surface area (TPSA) is 42.5 Å². The lowest BCUT2D eigenvalue weighted by molar-refractivity contribution is 0.0126. The molecule has 2 saturated carbocycles. The molecule has 0 aromatic rings. The normalized spacial score (nSPS) is 44.3. The first-order valence-corrected chi connectivity index (χ1v) is 11.0.